The number of hydrogen-bond donors (Lipinski definition) is 1. The van der Waals surface area contributed by atoms with Gasteiger partial charge in [0.1, 0.15) is 19.0 Å². The fourth-order valence-electron chi connectivity index (χ4n) is 3.08. The molecular weight excluding hydrogens is 1060 g/mol. The van der Waals surface area contributed by atoms with Crippen molar-refractivity contribution in [3.63, 3.8) is 0 Å². The van der Waals surface area contributed by atoms with Gasteiger partial charge in [0, 0.05) is 7.14 Å². The van der Waals surface area contributed by atoms with Crippen molar-refractivity contribution in [2.24, 2.45) is 0 Å². The lowest BCUT2D eigenvalue weighted by Gasteiger charge is -2.15. The average molecular weight is 1080 g/mol. The van der Waals surface area contributed by atoms with Crippen LogP contribution in [0.4, 0.5) is 17.6 Å². The van der Waals surface area contributed by atoms with E-state index >= 15 is 0 Å². The molecule has 3 rings (SSSR count). The van der Waals surface area contributed by atoms with Crippen molar-refractivity contribution in [2.75, 3.05) is 19.8 Å². The molecule has 0 atom stereocenters. The Bertz CT molecular complexity index is 1690. The first-order valence-electron chi connectivity index (χ1n) is 11.0. The number of benzene rings is 3. The summed E-state index contributed by atoms with van der Waals surface area (Å²) in [6.45, 7) is -1.63. The van der Waals surface area contributed by atoms with Crippen molar-refractivity contribution in [3.05, 3.63) is 79.0 Å². The third-order valence-electron chi connectivity index (χ3n) is 4.95. The molecule has 3 aromatic rings. The van der Waals surface area contributed by atoms with E-state index in [-0.39, 0.29) is 28.1 Å². The maximum Gasteiger partial charge on any atom is 0.349 e. The lowest BCUT2D eigenvalue weighted by Crippen LogP contribution is -2.22. The molecular formula is C24H12F4I4O10S. The molecule has 0 aliphatic heterocycles. The van der Waals surface area contributed by atoms with Crippen molar-refractivity contribution < 1.29 is 63.9 Å². The predicted molar refractivity (Wildman–Crippen MR) is 172 cm³/mol. The minimum absolute atomic E-state index is 0.0102. The highest BCUT2D eigenvalue weighted by atomic mass is 127. The maximum atomic E-state index is 14.2. The van der Waals surface area contributed by atoms with Gasteiger partial charge >= 0.3 is 28.0 Å². The second kappa shape index (κ2) is 15.1. The highest BCUT2D eigenvalue weighted by molar-refractivity contribution is 14.1. The highest BCUT2D eigenvalue weighted by Crippen LogP contribution is 2.35. The van der Waals surface area contributed by atoms with Crippen LogP contribution in [0.1, 0.15) is 20.7 Å². The van der Waals surface area contributed by atoms with Crippen LogP contribution < -0.4 is 9.47 Å². The standard InChI is InChI=1S/C24H12F4I4O10S/c25-15-17(27)22(43(36,37)38)18(28)16(26)21(15)42-13(33)8-41-20-12(31)7-11(30)14(19(20)32)24(35)40-6-5-39-23(34)9-1-3-10(29)4-2-9/h1-4,7H,5-6,8H2,(H,36,37,38). The zero-order chi connectivity index (χ0) is 32.2. The summed E-state index contributed by atoms with van der Waals surface area (Å²) in [7, 11) is -5.71. The fourth-order valence-corrected chi connectivity index (χ4v) is 8.20. The summed E-state index contributed by atoms with van der Waals surface area (Å²) in [4.78, 5) is 34.8. The van der Waals surface area contributed by atoms with Crippen molar-refractivity contribution in [1.29, 1.82) is 0 Å². The summed E-state index contributed by atoms with van der Waals surface area (Å²) < 4.78 is 109. The molecule has 0 unspecified atom stereocenters. The molecule has 0 bridgehead atoms. The fraction of sp³-hybridized carbons (Fsp3) is 0.125. The molecule has 230 valence electrons. The molecule has 0 radical (unpaired) electrons. The SMILES string of the molecule is O=C(COc1c(I)cc(I)c(C(=O)OCCOC(=O)c2ccc(I)cc2)c1I)Oc1c(F)c(F)c(S(=O)(=O)O)c(F)c1F. The zero-order valence-electron chi connectivity index (χ0n) is 20.6. The lowest BCUT2D eigenvalue weighted by atomic mass is 10.2. The average Bonchev–Trinajstić information content (AvgIpc) is 2.91. The summed E-state index contributed by atoms with van der Waals surface area (Å²) in [6, 6.07) is 8.07. The van der Waals surface area contributed by atoms with E-state index < -0.39 is 68.5 Å². The Morgan fingerprint density at radius 3 is 1.84 bits per heavy atom. The monoisotopic (exact) mass is 1080 g/mol. The van der Waals surface area contributed by atoms with E-state index in [4.69, 9.17) is 18.8 Å². The van der Waals surface area contributed by atoms with Crippen LogP contribution in [-0.2, 0) is 24.4 Å². The number of rotatable bonds is 10. The molecule has 0 aliphatic rings. The number of hydrogen-bond acceptors (Lipinski definition) is 9. The molecule has 1 N–H and O–H groups in total. The lowest BCUT2D eigenvalue weighted by molar-refractivity contribution is -0.137. The zero-order valence-corrected chi connectivity index (χ0v) is 30.0. The smallest absolute Gasteiger partial charge is 0.349 e. The molecule has 0 saturated heterocycles. The van der Waals surface area contributed by atoms with Gasteiger partial charge in [-0.05, 0) is 121 Å². The first-order valence-corrected chi connectivity index (χ1v) is 16.7. The normalized spacial score (nSPS) is 11.2. The van der Waals surface area contributed by atoms with E-state index in [1.807, 2.05) is 22.6 Å². The van der Waals surface area contributed by atoms with Crippen LogP contribution in [-0.4, -0.2) is 50.7 Å². The van der Waals surface area contributed by atoms with Gasteiger partial charge in [0.25, 0.3) is 0 Å². The largest absolute Gasteiger partial charge is 0.480 e. The molecule has 0 heterocycles. The molecule has 43 heavy (non-hydrogen) atoms. The van der Waals surface area contributed by atoms with Gasteiger partial charge in [-0.25, -0.2) is 23.2 Å². The molecule has 0 aliphatic carbocycles. The minimum Gasteiger partial charge on any atom is -0.480 e. The molecule has 0 amide bonds. The van der Waals surface area contributed by atoms with Gasteiger partial charge in [-0.3, -0.25) is 4.55 Å². The Morgan fingerprint density at radius 2 is 1.30 bits per heavy atom. The number of ether oxygens (including phenoxy) is 4. The van der Waals surface area contributed by atoms with Gasteiger partial charge in [0.2, 0.25) is 17.4 Å². The van der Waals surface area contributed by atoms with Gasteiger partial charge in [-0.15, -0.1) is 0 Å². The number of carbonyl (C=O) groups excluding carboxylic acids is 3. The topological polar surface area (TPSA) is 142 Å². The summed E-state index contributed by atoms with van der Waals surface area (Å²) >= 11 is 7.44. The first kappa shape index (κ1) is 35.9. The highest BCUT2D eigenvalue weighted by Gasteiger charge is 2.34. The van der Waals surface area contributed by atoms with E-state index in [2.05, 4.69) is 27.3 Å². The van der Waals surface area contributed by atoms with Crippen LogP contribution in [0, 0.1) is 37.5 Å². The van der Waals surface area contributed by atoms with Crippen molar-refractivity contribution in [3.8, 4) is 11.5 Å². The molecule has 10 nitrogen and oxygen atoms in total. The van der Waals surface area contributed by atoms with Crippen LogP contribution in [0.25, 0.3) is 0 Å². The van der Waals surface area contributed by atoms with E-state index in [0.717, 1.165) is 3.57 Å². The quantitative estimate of drug-likeness (QED) is 0.0496. The number of esters is 3. The second-order valence-electron chi connectivity index (χ2n) is 7.79. The van der Waals surface area contributed by atoms with E-state index in [0.29, 0.717) is 12.7 Å². The van der Waals surface area contributed by atoms with Crippen LogP contribution in [0.15, 0.2) is 35.2 Å². The van der Waals surface area contributed by atoms with Crippen LogP contribution in [0.2, 0.25) is 0 Å². The van der Waals surface area contributed by atoms with Crippen molar-refractivity contribution in [2.45, 2.75) is 4.90 Å². The Morgan fingerprint density at radius 1 is 0.767 bits per heavy atom. The van der Waals surface area contributed by atoms with Gasteiger partial charge < -0.3 is 18.9 Å². The molecule has 19 heteroatoms. The molecule has 0 saturated carbocycles. The Hall–Kier alpha value is -1.58. The Labute approximate surface area is 294 Å². The van der Waals surface area contributed by atoms with Crippen LogP contribution in [0.3, 0.4) is 0 Å². The van der Waals surface area contributed by atoms with Crippen LogP contribution >= 0.6 is 90.4 Å². The predicted octanol–water partition coefficient (Wildman–Crippen LogP) is 5.91. The maximum absolute atomic E-state index is 14.2. The van der Waals surface area contributed by atoms with E-state index in [9.17, 15) is 40.4 Å². The number of carbonyl (C=O) groups is 3. The second-order valence-corrected chi connectivity index (χ2v) is 13.8. The molecule has 0 spiro atoms. The van der Waals surface area contributed by atoms with Gasteiger partial charge in [0.05, 0.1) is 18.3 Å². The third kappa shape index (κ3) is 8.78. The minimum atomic E-state index is -5.71. The van der Waals surface area contributed by atoms with Crippen molar-refractivity contribution >= 4 is 118 Å². The van der Waals surface area contributed by atoms with Crippen molar-refractivity contribution in [1.82, 2.24) is 0 Å². The summed E-state index contributed by atoms with van der Waals surface area (Å²) in [5.74, 6) is -14.8. The molecule has 3 aromatic carbocycles. The van der Waals surface area contributed by atoms with Gasteiger partial charge in [-0.2, -0.15) is 17.2 Å². The summed E-state index contributed by atoms with van der Waals surface area (Å²) in [6.07, 6.45) is 0. The van der Waals surface area contributed by atoms with Crippen LogP contribution in [0.5, 0.6) is 11.5 Å². The first-order chi connectivity index (χ1) is 20.0. The molecule has 0 fully saturated rings. The van der Waals surface area contributed by atoms with E-state index in [1.165, 1.54) is 6.07 Å². The summed E-state index contributed by atoms with van der Waals surface area (Å²) in [5, 5.41) is 0. The van der Waals surface area contributed by atoms with Gasteiger partial charge in [-0.1, -0.05) is 0 Å². The third-order valence-corrected chi connectivity index (χ3v) is 9.23. The Kier molecular flexibility index (Phi) is 12.6. The number of halogens is 8. The van der Waals surface area contributed by atoms with Gasteiger partial charge in [0.15, 0.2) is 23.1 Å². The molecule has 0 aromatic heterocycles. The Balaban J connectivity index is 1.68. The summed E-state index contributed by atoms with van der Waals surface area (Å²) in [5.41, 5.74) is 0.320. The van der Waals surface area contributed by atoms with E-state index in [1.54, 1.807) is 69.4 Å².